The van der Waals surface area contributed by atoms with E-state index in [2.05, 4.69) is 10.1 Å². The van der Waals surface area contributed by atoms with E-state index in [-0.39, 0.29) is 23.7 Å². The number of nitrogens with one attached hydrogen (secondary N) is 1. The number of hydrogen-bond donors (Lipinski definition) is 1. The average molecular weight is 324 g/mol. The molecule has 1 rings (SSSR count). The van der Waals surface area contributed by atoms with Gasteiger partial charge in [0.25, 0.3) is 0 Å². The fraction of sp³-hybridized carbons (Fsp3) is 0.286. The lowest BCUT2D eigenvalue weighted by atomic mass is 10.2. The Morgan fingerprint density at radius 2 is 2.04 bits per heavy atom. The molecule has 1 aromatic carbocycles. The summed E-state index contributed by atoms with van der Waals surface area (Å²) >= 11 is 0. The number of esters is 2. The van der Waals surface area contributed by atoms with Crippen LogP contribution in [0.5, 0.6) is 5.75 Å². The van der Waals surface area contributed by atoms with Crippen molar-refractivity contribution in [2.24, 2.45) is 0 Å². The van der Waals surface area contributed by atoms with Crippen LogP contribution >= 0.6 is 0 Å². The molecule has 0 atom stereocenters. The van der Waals surface area contributed by atoms with Crippen LogP contribution in [0.2, 0.25) is 0 Å². The molecule has 0 spiro atoms. The van der Waals surface area contributed by atoms with Gasteiger partial charge in [-0.05, 0) is 13.0 Å². The lowest BCUT2D eigenvalue weighted by molar-refractivity contribution is -0.385. The smallest absolute Gasteiger partial charge is 0.355 e. The summed E-state index contributed by atoms with van der Waals surface area (Å²) in [6.07, 6.45) is 0.923. The summed E-state index contributed by atoms with van der Waals surface area (Å²) in [7, 11) is 2.44. The largest absolute Gasteiger partial charge is 0.490 e. The molecule has 124 valence electrons. The second-order valence-electron chi connectivity index (χ2n) is 4.07. The van der Waals surface area contributed by atoms with Gasteiger partial charge in [0.05, 0.1) is 31.8 Å². The van der Waals surface area contributed by atoms with Gasteiger partial charge >= 0.3 is 17.6 Å². The van der Waals surface area contributed by atoms with Gasteiger partial charge in [0, 0.05) is 17.8 Å². The second kappa shape index (κ2) is 8.37. The first-order valence-corrected chi connectivity index (χ1v) is 6.49. The van der Waals surface area contributed by atoms with Crippen molar-refractivity contribution in [3.05, 3.63) is 40.1 Å². The summed E-state index contributed by atoms with van der Waals surface area (Å²) in [4.78, 5) is 33.4. The van der Waals surface area contributed by atoms with Gasteiger partial charge in [-0.25, -0.2) is 9.59 Å². The lowest BCUT2D eigenvalue weighted by Gasteiger charge is -2.11. The molecule has 0 amide bonds. The molecule has 0 aliphatic carbocycles. The molecule has 0 aliphatic heterocycles. The molecule has 9 heteroatoms. The third kappa shape index (κ3) is 4.99. The number of rotatable bonds is 7. The highest BCUT2D eigenvalue weighted by molar-refractivity contribution is 5.98. The molecule has 0 bridgehead atoms. The van der Waals surface area contributed by atoms with Crippen molar-refractivity contribution in [3.8, 4) is 5.75 Å². The van der Waals surface area contributed by atoms with Crippen LogP contribution in [0.1, 0.15) is 6.92 Å². The summed E-state index contributed by atoms with van der Waals surface area (Å²) in [6.45, 7) is 1.73. The fourth-order valence-electron chi connectivity index (χ4n) is 1.59. The van der Waals surface area contributed by atoms with E-state index in [0.29, 0.717) is 5.69 Å². The van der Waals surface area contributed by atoms with Crippen molar-refractivity contribution in [2.45, 2.75) is 6.92 Å². The first-order valence-electron chi connectivity index (χ1n) is 6.49. The summed E-state index contributed by atoms with van der Waals surface area (Å²) in [5.74, 6) is -1.52. The molecule has 0 saturated heterocycles. The van der Waals surface area contributed by atoms with E-state index < -0.39 is 16.9 Å². The van der Waals surface area contributed by atoms with Gasteiger partial charge < -0.3 is 19.5 Å². The third-order valence-electron chi connectivity index (χ3n) is 2.61. The van der Waals surface area contributed by atoms with Crippen LogP contribution in [-0.2, 0) is 19.1 Å². The maximum atomic E-state index is 11.8. The molecule has 9 nitrogen and oxygen atoms in total. The summed E-state index contributed by atoms with van der Waals surface area (Å²) in [5.41, 5.74) is -0.0991. The van der Waals surface area contributed by atoms with E-state index in [1.807, 2.05) is 0 Å². The maximum Gasteiger partial charge on any atom is 0.355 e. The Kier molecular flexibility index (Phi) is 6.53. The van der Waals surface area contributed by atoms with Crippen molar-refractivity contribution in [2.75, 3.05) is 26.1 Å². The number of carbonyl (C=O) groups is 2. The molecule has 0 unspecified atom stereocenters. The van der Waals surface area contributed by atoms with Gasteiger partial charge in [-0.2, -0.15) is 0 Å². The van der Waals surface area contributed by atoms with Crippen molar-refractivity contribution in [1.29, 1.82) is 0 Å². The number of hydrogen-bond acceptors (Lipinski definition) is 8. The van der Waals surface area contributed by atoms with E-state index in [0.717, 1.165) is 13.2 Å². The van der Waals surface area contributed by atoms with Gasteiger partial charge in [-0.15, -0.1) is 0 Å². The fourth-order valence-corrected chi connectivity index (χ4v) is 1.59. The Hall–Kier alpha value is -3.10. The van der Waals surface area contributed by atoms with Crippen LogP contribution in [0.15, 0.2) is 30.0 Å². The van der Waals surface area contributed by atoms with E-state index in [9.17, 15) is 19.7 Å². The number of carbonyl (C=O) groups excluding carboxylic acids is 2. The molecule has 0 radical (unpaired) electrons. The minimum absolute atomic E-state index is 0.00118. The van der Waals surface area contributed by atoms with Crippen molar-refractivity contribution in [1.82, 2.24) is 0 Å². The highest BCUT2D eigenvalue weighted by Crippen LogP contribution is 2.30. The first kappa shape index (κ1) is 18.0. The Bertz CT molecular complexity index is 640. The predicted octanol–water partition coefficient (Wildman–Crippen LogP) is 1.64. The molecule has 1 aromatic rings. The van der Waals surface area contributed by atoms with Crippen LogP contribution < -0.4 is 10.1 Å². The molecule has 0 fully saturated rings. The monoisotopic (exact) mass is 324 g/mol. The number of nitrogens with zero attached hydrogens (tertiary/aromatic N) is 1. The van der Waals surface area contributed by atoms with E-state index in [4.69, 9.17) is 9.47 Å². The number of nitro groups is 1. The lowest BCUT2D eigenvalue weighted by Crippen LogP contribution is -2.17. The molecule has 0 aliphatic rings. The van der Waals surface area contributed by atoms with E-state index in [1.165, 1.54) is 25.3 Å². The molecule has 0 saturated carbocycles. The minimum atomic E-state index is -0.768. The molecule has 0 aromatic heterocycles. The van der Waals surface area contributed by atoms with Gasteiger partial charge in [0.2, 0.25) is 0 Å². The first-order chi connectivity index (χ1) is 10.9. The van der Waals surface area contributed by atoms with Crippen LogP contribution in [0.25, 0.3) is 0 Å². The highest BCUT2D eigenvalue weighted by Gasteiger charge is 2.18. The predicted molar refractivity (Wildman–Crippen MR) is 80.0 cm³/mol. The molecule has 0 heterocycles. The second-order valence-corrected chi connectivity index (χ2v) is 4.07. The Balaban J connectivity index is 3.13. The van der Waals surface area contributed by atoms with Crippen molar-refractivity contribution in [3.63, 3.8) is 0 Å². The molecule has 23 heavy (non-hydrogen) atoms. The highest BCUT2D eigenvalue weighted by atomic mass is 16.6. The molecule has 1 N–H and O–H groups in total. The standard InChI is InChI=1S/C14H16N2O7/c1-4-23-14(18)10(8-13(17)22-3)15-9-5-6-11(16(19)20)12(7-9)21-2/h5-8,15H,4H2,1-3H3/b10-8+. The number of nitro benzene ring substituents is 1. The quantitative estimate of drug-likeness (QED) is 0.348. The average Bonchev–Trinajstić information content (AvgIpc) is 2.53. The van der Waals surface area contributed by atoms with Crippen molar-refractivity contribution < 1.29 is 28.7 Å². The number of benzene rings is 1. The minimum Gasteiger partial charge on any atom is -0.490 e. The van der Waals surface area contributed by atoms with Crippen LogP contribution in [0.3, 0.4) is 0 Å². The zero-order chi connectivity index (χ0) is 17.4. The van der Waals surface area contributed by atoms with Gasteiger partial charge in [-0.3, -0.25) is 10.1 Å². The molecular weight excluding hydrogens is 308 g/mol. The van der Waals surface area contributed by atoms with Crippen molar-refractivity contribution >= 4 is 23.3 Å². The maximum absolute atomic E-state index is 11.8. The third-order valence-corrected chi connectivity index (χ3v) is 2.61. The number of anilines is 1. The van der Waals surface area contributed by atoms with E-state index in [1.54, 1.807) is 6.92 Å². The van der Waals surface area contributed by atoms with E-state index >= 15 is 0 Å². The summed E-state index contributed by atoms with van der Waals surface area (Å²) in [5, 5.41) is 13.5. The van der Waals surface area contributed by atoms with Crippen LogP contribution in [0.4, 0.5) is 11.4 Å². The number of methoxy groups -OCH3 is 2. The van der Waals surface area contributed by atoms with Crippen LogP contribution in [-0.4, -0.2) is 37.7 Å². The zero-order valence-electron chi connectivity index (χ0n) is 12.8. The van der Waals surface area contributed by atoms with Gasteiger partial charge in [0.1, 0.15) is 5.70 Å². The Labute approximate surface area is 132 Å². The van der Waals surface area contributed by atoms with Crippen LogP contribution in [0, 0.1) is 10.1 Å². The molecular formula is C14H16N2O7. The Morgan fingerprint density at radius 1 is 1.35 bits per heavy atom. The zero-order valence-corrected chi connectivity index (χ0v) is 12.8. The van der Waals surface area contributed by atoms with Gasteiger partial charge in [0.15, 0.2) is 5.75 Å². The summed E-state index contributed by atoms with van der Waals surface area (Å²) < 4.78 is 14.2. The Morgan fingerprint density at radius 3 is 2.57 bits per heavy atom. The van der Waals surface area contributed by atoms with Gasteiger partial charge in [-0.1, -0.05) is 0 Å². The number of ether oxygens (including phenoxy) is 3. The normalized spacial score (nSPS) is 10.7. The SMILES string of the molecule is CCOC(=O)/C(=C\C(=O)OC)Nc1ccc([N+](=O)[O-])c(OC)c1. The summed E-state index contributed by atoms with van der Waals surface area (Å²) in [6, 6.07) is 3.90. The topological polar surface area (TPSA) is 117 Å².